The fourth-order valence-corrected chi connectivity index (χ4v) is 5.32. The molecule has 1 aliphatic heterocycles. The predicted molar refractivity (Wildman–Crippen MR) is 114 cm³/mol. The summed E-state index contributed by atoms with van der Waals surface area (Å²) in [5.74, 6) is -0.570. The number of amides is 2. The molecule has 134 valence electrons. The monoisotopic (exact) mass is 467 g/mol. The lowest BCUT2D eigenvalue weighted by atomic mass is 9.85. The van der Waals surface area contributed by atoms with Gasteiger partial charge >= 0.3 is 0 Å². The molecule has 3 nitrogen and oxygen atoms in total. The van der Waals surface area contributed by atoms with Crippen LogP contribution in [0.15, 0.2) is 72.3 Å². The average molecular weight is 467 g/mol. The Bertz CT molecular complexity index is 972. The normalized spacial score (nSPS) is 28.2. The van der Waals surface area contributed by atoms with E-state index in [-0.39, 0.29) is 35.5 Å². The molecule has 0 N–H and O–H groups in total. The maximum Gasteiger partial charge on any atom is 0.238 e. The highest BCUT2D eigenvalue weighted by molar-refractivity contribution is 14.1. The molecule has 2 fully saturated rings. The van der Waals surface area contributed by atoms with Gasteiger partial charge < -0.3 is 0 Å². The van der Waals surface area contributed by atoms with Gasteiger partial charge in [-0.1, -0.05) is 48.1 Å². The second-order valence-corrected chi connectivity index (χ2v) is 8.67. The lowest BCUT2D eigenvalue weighted by molar-refractivity contribution is -0.122. The van der Waals surface area contributed by atoms with Crippen molar-refractivity contribution in [2.75, 3.05) is 4.90 Å². The fourth-order valence-electron chi connectivity index (χ4n) is 4.96. The van der Waals surface area contributed by atoms with E-state index in [0.717, 1.165) is 3.57 Å². The molecule has 2 bridgehead atoms. The molecule has 2 aliphatic carbocycles. The molecule has 5 rings (SSSR count). The van der Waals surface area contributed by atoms with Crippen molar-refractivity contribution in [1.29, 1.82) is 0 Å². The van der Waals surface area contributed by atoms with Gasteiger partial charge in [0.25, 0.3) is 0 Å². The van der Waals surface area contributed by atoms with E-state index in [1.54, 1.807) is 0 Å². The minimum absolute atomic E-state index is 0.0329. The first kappa shape index (κ1) is 16.9. The third-order valence-corrected chi connectivity index (χ3v) is 6.86. The van der Waals surface area contributed by atoms with Crippen LogP contribution in [-0.4, -0.2) is 11.8 Å². The quantitative estimate of drug-likeness (QED) is 0.365. The molecule has 2 aromatic carbocycles. The zero-order valence-electron chi connectivity index (χ0n) is 14.8. The van der Waals surface area contributed by atoms with E-state index in [0.29, 0.717) is 5.69 Å². The van der Waals surface area contributed by atoms with Crippen LogP contribution in [-0.2, 0) is 9.59 Å². The highest BCUT2D eigenvalue weighted by Crippen LogP contribution is 2.58. The van der Waals surface area contributed by atoms with Crippen LogP contribution in [0.3, 0.4) is 0 Å². The first-order valence-electron chi connectivity index (χ1n) is 9.15. The number of imide groups is 1. The van der Waals surface area contributed by atoms with E-state index in [2.05, 4.69) is 53.8 Å². The topological polar surface area (TPSA) is 37.4 Å². The summed E-state index contributed by atoms with van der Waals surface area (Å²) >= 11 is 2.22. The van der Waals surface area contributed by atoms with Gasteiger partial charge in [-0.05, 0) is 64.9 Å². The zero-order valence-corrected chi connectivity index (χ0v) is 17.0. The molecule has 2 aromatic rings. The van der Waals surface area contributed by atoms with E-state index < -0.39 is 0 Å². The summed E-state index contributed by atoms with van der Waals surface area (Å²) in [5.41, 5.74) is 4.30. The number of hydrogen-bond acceptors (Lipinski definition) is 2. The fraction of sp³-hybridized carbons (Fsp3) is 0.217. The largest absolute Gasteiger partial charge is 0.274 e. The van der Waals surface area contributed by atoms with E-state index in [9.17, 15) is 9.59 Å². The van der Waals surface area contributed by atoms with Gasteiger partial charge in [0.15, 0.2) is 0 Å². The van der Waals surface area contributed by atoms with Crippen LogP contribution in [0.2, 0.25) is 0 Å². The molecule has 0 radical (unpaired) electrons. The van der Waals surface area contributed by atoms with E-state index in [1.165, 1.54) is 21.6 Å². The summed E-state index contributed by atoms with van der Waals surface area (Å²) in [6.07, 6.45) is 4.27. The third-order valence-electron chi connectivity index (χ3n) is 6.14. The number of benzene rings is 2. The van der Waals surface area contributed by atoms with Crippen LogP contribution >= 0.6 is 22.6 Å². The van der Waals surface area contributed by atoms with Crippen LogP contribution in [0, 0.1) is 27.2 Å². The molecule has 4 heteroatoms. The van der Waals surface area contributed by atoms with Gasteiger partial charge in [0.05, 0.1) is 17.5 Å². The Morgan fingerprint density at radius 1 is 0.852 bits per heavy atom. The number of hydrogen-bond donors (Lipinski definition) is 0. The molecule has 2 amide bonds. The molecule has 1 heterocycles. The first-order valence-corrected chi connectivity index (χ1v) is 10.2. The van der Waals surface area contributed by atoms with E-state index in [1.807, 2.05) is 42.5 Å². The molecular formula is C23H18INO2. The molecule has 27 heavy (non-hydrogen) atoms. The minimum atomic E-state index is -0.263. The van der Waals surface area contributed by atoms with Crippen molar-refractivity contribution < 1.29 is 9.59 Å². The number of carbonyl (C=O) groups is 2. The summed E-state index contributed by atoms with van der Waals surface area (Å²) < 4.78 is 1.08. The molecule has 3 aliphatic rings. The standard InChI is InChI=1S/C23H18INO2/c1-13(14-5-3-2-4-6-14)19-17-11-12-18(19)21-20(17)22(26)25(23(21)27)16-9-7-15(24)8-10-16/h2-12,17-18,20-21H,1H3/t17-,18-,20+,21+/m1/s1. The summed E-state index contributed by atoms with van der Waals surface area (Å²) in [4.78, 5) is 27.9. The second kappa shape index (κ2) is 6.16. The lowest BCUT2D eigenvalue weighted by Crippen LogP contribution is -2.33. The van der Waals surface area contributed by atoms with Crippen molar-refractivity contribution in [2.45, 2.75) is 6.92 Å². The van der Waals surface area contributed by atoms with Gasteiger partial charge in [0.2, 0.25) is 11.8 Å². The van der Waals surface area contributed by atoms with Gasteiger partial charge in [-0.3, -0.25) is 9.59 Å². The van der Waals surface area contributed by atoms with Crippen molar-refractivity contribution in [1.82, 2.24) is 0 Å². The molecule has 0 spiro atoms. The molecule has 1 saturated carbocycles. The summed E-state index contributed by atoms with van der Waals surface area (Å²) in [6.45, 7) is 2.12. The van der Waals surface area contributed by atoms with E-state index in [4.69, 9.17) is 0 Å². The highest BCUT2D eigenvalue weighted by atomic mass is 127. The van der Waals surface area contributed by atoms with Gasteiger partial charge in [-0.2, -0.15) is 0 Å². The third kappa shape index (κ3) is 2.39. The van der Waals surface area contributed by atoms with Crippen molar-refractivity contribution in [3.63, 3.8) is 0 Å². The number of halogens is 1. The number of fused-ring (bicyclic) bond motifs is 5. The Morgan fingerprint density at radius 3 is 1.96 bits per heavy atom. The molecule has 4 atom stereocenters. The van der Waals surface area contributed by atoms with Crippen LogP contribution in [0.4, 0.5) is 5.69 Å². The lowest BCUT2D eigenvalue weighted by Gasteiger charge is -2.20. The number of carbonyl (C=O) groups excluding carboxylic acids is 2. The smallest absolute Gasteiger partial charge is 0.238 e. The van der Waals surface area contributed by atoms with Crippen molar-refractivity contribution in [3.05, 3.63) is 81.5 Å². The van der Waals surface area contributed by atoms with Gasteiger partial charge in [0, 0.05) is 15.4 Å². The Balaban J connectivity index is 1.55. The van der Waals surface area contributed by atoms with Crippen molar-refractivity contribution >= 4 is 45.7 Å². The number of anilines is 1. The summed E-state index contributed by atoms with van der Waals surface area (Å²) in [5, 5.41) is 0. The highest BCUT2D eigenvalue weighted by Gasteiger charge is 2.62. The molecule has 0 unspecified atom stereocenters. The number of rotatable bonds is 2. The van der Waals surface area contributed by atoms with E-state index >= 15 is 0 Å². The molecular weight excluding hydrogens is 449 g/mol. The predicted octanol–water partition coefficient (Wildman–Crippen LogP) is 4.69. The summed E-state index contributed by atoms with van der Waals surface area (Å²) in [6, 6.07) is 17.8. The van der Waals surface area contributed by atoms with Gasteiger partial charge in [-0.15, -0.1) is 0 Å². The number of allylic oxidation sites excluding steroid dienone is 4. The summed E-state index contributed by atoms with van der Waals surface area (Å²) in [7, 11) is 0. The van der Waals surface area contributed by atoms with Gasteiger partial charge in [0.1, 0.15) is 0 Å². The second-order valence-electron chi connectivity index (χ2n) is 7.42. The molecule has 1 saturated heterocycles. The van der Waals surface area contributed by atoms with Crippen LogP contribution in [0.25, 0.3) is 5.57 Å². The zero-order chi connectivity index (χ0) is 18.7. The van der Waals surface area contributed by atoms with Crippen molar-refractivity contribution in [3.8, 4) is 0 Å². The van der Waals surface area contributed by atoms with Crippen molar-refractivity contribution in [2.24, 2.45) is 23.7 Å². The van der Waals surface area contributed by atoms with Crippen LogP contribution < -0.4 is 4.90 Å². The minimum Gasteiger partial charge on any atom is -0.274 e. The maximum atomic E-state index is 13.2. The number of nitrogens with zero attached hydrogens (tertiary/aromatic N) is 1. The average Bonchev–Trinajstić information content (AvgIpc) is 3.33. The Hall–Kier alpha value is -2.21. The Morgan fingerprint density at radius 2 is 1.41 bits per heavy atom. The first-order chi connectivity index (χ1) is 13.1. The Labute approximate surface area is 171 Å². The molecule has 0 aromatic heterocycles. The Kier molecular flexibility index (Phi) is 3.86. The maximum absolute atomic E-state index is 13.2. The SMILES string of the molecule is CC(=C1[C@H]2C=C[C@H]1[C@@H]1C(=O)N(c3ccc(I)cc3)C(=O)[C@H]12)c1ccccc1. The van der Waals surface area contributed by atoms with Crippen LogP contribution in [0.5, 0.6) is 0 Å². The van der Waals surface area contributed by atoms with Gasteiger partial charge in [-0.25, -0.2) is 4.90 Å². The van der Waals surface area contributed by atoms with Crippen LogP contribution in [0.1, 0.15) is 12.5 Å².